The number of benzene rings is 2. The quantitative estimate of drug-likeness (QED) is 0.165. The third-order valence-electron chi connectivity index (χ3n) is 9.87. The first-order chi connectivity index (χ1) is 35.2. The van der Waals surface area contributed by atoms with E-state index in [1.165, 1.54) is 29.1 Å². The van der Waals surface area contributed by atoms with Crippen LogP contribution >= 0.6 is 22.9 Å². The lowest BCUT2D eigenvalue weighted by atomic mass is 10.2. The highest BCUT2D eigenvalue weighted by atomic mass is 32.1. The molecule has 1 amide bonds. The molecule has 73 heavy (non-hydrogen) atoms. The number of hydrogen-bond acceptors (Lipinski definition) is 18. The number of imidazole rings is 2. The summed E-state index contributed by atoms with van der Waals surface area (Å²) in [4.78, 5) is 40.0. The SMILES string of the molecule is CC.COC(=O)N(C)c1ccccc1.COC1N(C)c2cccnc2N1C.COc1ccc(C)cc1.COc1nc(C)ns1.COc1nc2cscc2[nH]1.COc1nccn1C.Cc1cnc2c(C)coc2c1. The predicted molar refractivity (Wildman–Crippen MR) is 293 cm³/mol. The number of ether oxygens (including phenoxy) is 6. The van der Waals surface area contributed by atoms with E-state index in [1.807, 2.05) is 157 Å². The minimum atomic E-state index is -0.360. The fourth-order valence-corrected chi connectivity index (χ4v) is 7.36. The van der Waals surface area contributed by atoms with Crippen LogP contribution in [0.15, 0.2) is 119 Å². The van der Waals surface area contributed by atoms with Gasteiger partial charge >= 0.3 is 6.09 Å². The van der Waals surface area contributed by atoms with Crippen LogP contribution in [0.3, 0.4) is 0 Å². The average molecular weight is 1040 g/mol. The summed E-state index contributed by atoms with van der Waals surface area (Å²) in [5.74, 6) is 2.66. The minimum absolute atomic E-state index is 0.0371. The van der Waals surface area contributed by atoms with Crippen LogP contribution in [-0.2, 0) is 16.5 Å². The van der Waals surface area contributed by atoms with E-state index in [1.54, 1.807) is 77.2 Å². The van der Waals surface area contributed by atoms with Crippen molar-refractivity contribution < 1.29 is 37.6 Å². The van der Waals surface area contributed by atoms with Gasteiger partial charge in [0.2, 0.25) is 6.35 Å². The maximum Gasteiger partial charge on any atom is 0.413 e. The number of aromatic amines is 1. The van der Waals surface area contributed by atoms with Gasteiger partial charge in [0.05, 0.1) is 53.0 Å². The van der Waals surface area contributed by atoms with Gasteiger partial charge in [-0.15, -0.1) is 11.3 Å². The number of furan rings is 1. The number of methoxy groups -OCH3 is 6. The largest absolute Gasteiger partial charge is 0.497 e. The number of aryl methyl sites for hydroxylation is 5. The lowest BCUT2D eigenvalue weighted by Gasteiger charge is -2.24. The van der Waals surface area contributed by atoms with Crippen LogP contribution in [0.4, 0.5) is 22.0 Å². The van der Waals surface area contributed by atoms with Crippen molar-refractivity contribution in [1.29, 1.82) is 0 Å². The van der Waals surface area contributed by atoms with E-state index in [2.05, 4.69) is 50.8 Å². The predicted octanol–water partition coefficient (Wildman–Crippen LogP) is 11.2. The maximum atomic E-state index is 11.0. The molecule has 0 fully saturated rings. The van der Waals surface area contributed by atoms with Crippen molar-refractivity contribution in [2.24, 2.45) is 7.05 Å². The van der Waals surface area contributed by atoms with Crippen molar-refractivity contribution in [2.45, 2.75) is 47.9 Å². The van der Waals surface area contributed by atoms with Gasteiger partial charge in [0.1, 0.15) is 22.6 Å². The van der Waals surface area contributed by atoms with Gasteiger partial charge in [0.15, 0.2) is 11.4 Å². The van der Waals surface area contributed by atoms with E-state index in [9.17, 15) is 4.79 Å². The molecule has 1 unspecified atom stereocenters. The van der Waals surface area contributed by atoms with Crippen LogP contribution in [0, 0.1) is 27.7 Å². The van der Waals surface area contributed by atoms with Gasteiger partial charge in [-0.1, -0.05) is 49.7 Å². The third-order valence-corrected chi connectivity index (χ3v) is 11.4. The first kappa shape index (κ1) is 59.6. The smallest absolute Gasteiger partial charge is 0.413 e. The minimum Gasteiger partial charge on any atom is -0.497 e. The monoisotopic (exact) mass is 1040 g/mol. The van der Waals surface area contributed by atoms with Crippen molar-refractivity contribution in [3.05, 3.63) is 137 Å². The highest BCUT2D eigenvalue weighted by Gasteiger charge is 2.31. The third kappa shape index (κ3) is 18.4. The summed E-state index contributed by atoms with van der Waals surface area (Å²) in [5, 5.41) is 4.61. The normalized spacial score (nSPS) is 11.5. The number of thiophene rings is 1. The number of carbonyl (C=O) groups excluding carboxylic acids is 1. The zero-order valence-corrected chi connectivity index (χ0v) is 46.2. The molecule has 10 rings (SSSR count). The average Bonchev–Trinajstić information content (AvgIpc) is 4.31. The summed E-state index contributed by atoms with van der Waals surface area (Å²) in [6, 6.07) is 24.5. The molecule has 0 radical (unpaired) electrons. The van der Waals surface area contributed by atoms with Crippen LogP contribution in [0.25, 0.3) is 22.1 Å². The summed E-state index contributed by atoms with van der Waals surface area (Å²) < 4.78 is 40.3. The summed E-state index contributed by atoms with van der Waals surface area (Å²) in [7, 11) is 17.0. The molecule has 0 spiro atoms. The van der Waals surface area contributed by atoms with Gasteiger partial charge in [-0.05, 0) is 75.7 Å². The van der Waals surface area contributed by atoms with E-state index < -0.39 is 0 Å². The molecule has 392 valence electrons. The Morgan fingerprint density at radius 1 is 0.767 bits per heavy atom. The fourth-order valence-electron chi connectivity index (χ4n) is 6.17. The molecule has 7 aromatic heterocycles. The number of amides is 1. The van der Waals surface area contributed by atoms with Crippen molar-refractivity contribution in [3.8, 4) is 23.0 Å². The highest BCUT2D eigenvalue weighted by Crippen LogP contribution is 2.35. The Labute approximate surface area is 436 Å². The fraction of sp³-hybridized carbons (Fsp3) is 0.327. The van der Waals surface area contributed by atoms with E-state index >= 15 is 0 Å². The number of anilines is 3. The summed E-state index contributed by atoms with van der Waals surface area (Å²) in [5.41, 5.74) is 9.28. The van der Waals surface area contributed by atoms with Crippen LogP contribution in [-0.4, -0.2) is 115 Å². The Morgan fingerprint density at radius 2 is 1.48 bits per heavy atom. The number of pyridine rings is 2. The molecule has 0 bridgehead atoms. The molecule has 21 heteroatoms. The number of hydrogen-bond donors (Lipinski definition) is 1. The molecule has 1 aliphatic rings. The van der Waals surface area contributed by atoms with Crippen LogP contribution in [0.5, 0.6) is 23.0 Å². The zero-order chi connectivity index (χ0) is 53.9. The van der Waals surface area contributed by atoms with Crippen LogP contribution < -0.4 is 33.6 Å². The summed E-state index contributed by atoms with van der Waals surface area (Å²) in [6.07, 6.45) is 8.51. The molecule has 0 saturated heterocycles. The Balaban J connectivity index is 0.000000225. The lowest BCUT2D eigenvalue weighted by Crippen LogP contribution is -2.40. The van der Waals surface area contributed by atoms with E-state index in [0.29, 0.717) is 17.2 Å². The van der Waals surface area contributed by atoms with Crippen molar-refractivity contribution in [3.63, 3.8) is 0 Å². The number of nitrogens with one attached hydrogen (secondary N) is 1. The molecule has 8 heterocycles. The van der Waals surface area contributed by atoms with E-state index in [4.69, 9.17) is 28.1 Å². The van der Waals surface area contributed by atoms with Gasteiger partial charge in [0, 0.05) is 93.6 Å². The second-order valence-corrected chi connectivity index (χ2v) is 16.5. The molecule has 2 aromatic carbocycles. The number of aromatic nitrogens is 8. The molecule has 0 aliphatic carbocycles. The van der Waals surface area contributed by atoms with Gasteiger partial charge in [-0.2, -0.15) is 14.3 Å². The Morgan fingerprint density at radius 3 is 2.00 bits per heavy atom. The lowest BCUT2D eigenvalue weighted by molar-refractivity contribution is 0.110. The van der Waals surface area contributed by atoms with Crippen molar-refractivity contribution in [2.75, 3.05) is 78.5 Å². The van der Waals surface area contributed by atoms with Crippen LogP contribution in [0.1, 0.15) is 36.4 Å². The number of nitrogens with zero attached hydrogens (tertiary/aromatic N) is 10. The topological polar surface area (TPSA) is 193 Å². The van der Waals surface area contributed by atoms with Crippen molar-refractivity contribution in [1.82, 2.24) is 38.8 Å². The summed E-state index contributed by atoms with van der Waals surface area (Å²) >= 11 is 2.90. The maximum absolute atomic E-state index is 11.0. The molecule has 1 atom stereocenters. The van der Waals surface area contributed by atoms with Gasteiger partial charge in [-0.25, -0.2) is 14.8 Å². The first-order valence-electron chi connectivity index (χ1n) is 22.7. The van der Waals surface area contributed by atoms with Gasteiger partial charge in [-0.3, -0.25) is 9.88 Å². The molecule has 0 saturated carbocycles. The molecule has 9 aromatic rings. The highest BCUT2D eigenvalue weighted by molar-refractivity contribution is 7.09. The number of rotatable bonds is 6. The Kier molecular flexibility index (Phi) is 25.7. The van der Waals surface area contributed by atoms with Gasteiger partial charge < -0.3 is 52.2 Å². The Hall–Kier alpha value is -7.75. The zero-order valence-electron chi connectivity index (χ0n) is 44.6. The number of H-pyrrole nitrogens is 1. The second kappa shape index (κ2) is 31.6. The molecule has 1 aliphatic heterocycles. The van der Waals surface area contributed by atoms with Crippen molar-refractivity contribution >= 4 is 68.3 Å². The molecule has 19 nitrogen and oxygen atoms in total. The molecular formula is C52H69N11O8S2. The number of para-hydroxylation sites is 1. The Bertz CT molecular complexity index is 2860. The number of carbonyl (C=O) groups is 1. The van der Waals surface area contributed by atoms with E-state index in [0.717, 1.165) is 62.0 Å². The van der Waals surface area contributed by atoms with E-state index in [-0.39, 0.29) is 12.4 Å². The first-order valence-corrected chi connectivity index (χ1v) is 24.4. The molecule has 1 N–H and O–H groups in total. The second-order valence-electron chi connectivity index (χ2n) is 15.0. The summed E-state index contributed by atoms with van der Waals surface area (Å²) in [6.45, 7) is 11.9. The number of fused-ring (bicyclic) bond motifs is 3. The van der Waals surface area contributed by atoms with Crippen LogP contribution in [0.2, 0.25) is 0 Å². The standard InChI is InChI=1S/C9H13N3O.C9H11NO2.C9H9NO.C8H10O.C6H6N2OS.C5H8N2O.C4H6N2OS.C2H6/c1-11-7-5-4-6-10-8(7)12(2)9(11)13-3;1-10(9(11)12-2)8-6-4-3-5-7-8;1-6-3-8-9(10-4-6)7(2)5-11-8;1-7-3-5-8(9-2)6-4-7;1-9-6-7-4-2-10-3-5(4)8-6;1-7-4-3-6-5(7)8-2;1-3-5-4(7-2)8-6-3;1-2/h4-6,9H,1-3H3;3-7H,1-2H3;3-5H,1-2H3;3-6H,1-2H3;2-3H,1H3,(H,7,8);3-4H,1-2H3;1-2H3;1-2H3. The van der Waals surface area contributed by atoms with Gasteiger partial charge in [0.25, 0.3) is 17.2 Å². The molecular weight excluding hydrogens is 971 g/mol.